The van der Waals surface area contributed by atoms with Crippen LogP contribution in [0.15, 0.2) is 0 Å². The molecule has 15 heavy (non-hydrogen) atoms. The van der Waals surface area contributed by atoms with Crippen molar-refractivity contribution in [3.05, 3.63) is 0 Å². The van der Waals surface area contributed by atoms with Crippen LogP contribution in [0.1, 0.15) is 40.0 Å². The zero-order valence-electron chi connectivity index (χ0n) is 9.75. The molecule has 0 aromatic rings. The molecule has 1 atom stereocenters. The van der Waals surface area contributed by atoms with Crippen molar-refractivity contribution in [1.29, 1.82) is 0 Å². The SMILES string of the molecule is CC(C)(C)C(=O)N1CCCCC1C(N)=O. The van der Waals surface area contributed by atoms with Crippen LogP contribution in [0.3, 0.4) is 0 Å². The van der Waals surface area contributed by atoms with Gasteiger partial charge in [-0.1, -0.05) is 20.8 Å². The van der Waals surface area contributed by atoms with Gasteiger partial charge in [-0.2, -0.15) is 0 Å². The number of piperidine rings is 1. The predicted octanol–water partition coefficient (Wildman–Crippen LogP) is 0.899. The van der Waals surface area contributed by atoms with E-state index in [0.717, 1.165) is 12.8 Å². The summed E-state index contributed by atoms with van der Waals surface area (Å²) < 4.78 is 0. The summed E-state index contributed by atoms with van der Waals surface area (Å²) in [5.74, 6) is -0.363. The molecule has 0 saturated carbocycles. The van der Waals surface area contributed by atoms with Gasteiger partial charge in [-0.15, -0.1) is 0 Å². The number of carbonyl (C=O) groups is 2. The number of hydrogen-bond acceptors (Lipinski definition) is 2. The molecule has 0 aromatic carbocycles. The highest BCUT2D eigenvalue weighted by molar-refractivity contribution is 5.89. The van der Waals surface area contributed by atoms with Crippen molar-refractivity contribution in [2.24, 2.45) is 11.1 Å². The van der Waals surface area contributed by atoms with Gasteiger partial charge < -0.3 is 10.6 Å². The van der Waals surface area contributed by atoms with Crippen molar-refractivity contribution in [3.63, 3.8) is 0 Å². The number of carbonyl (C=O) groups excluding carboxylic acids is 2. The highest BCUT2D eigenvalue weighted by atomic mass is 16.2. The topological polar surface area (TPSA) is 63.4 Å². The summed E-state index contributed by atoms with van der Waals surface area (Å²) >= 11 is 0. The normalized spacial score (nSPS) is 22.6. The maximum atomic E-state index is 12.1. The van der Waals surface area contributed by atoms with E-state index in [4.69, 9.17) is 5.73 Å². The molecule has 0 radical (unpaired) electrons. The van der Waals surface area contributed by atoms with E-state index in [1.165, 1.54) is 0 Å². The fraction of sp³-hybridized carbons (Fsp3) is 0.818. The number of likely N-dealkylation sites (tertiary alicyclic amines) is 1. The molecule has 1 heterocycles. The molecule has 86 valence electrons. The largest absolute Gasteiger partial charge is 0.368 e. The van der Waals surface area contributed by atoms with Gasteiger partial charge in [0.2, 0.25) is 11.8 Å². The van der Waals surface area contributed by atoms with Crippen molar-refractivity contribution in [2.45, 2.75) is 46.1 Å². The lowest BCUT2D eigenvalue weighted by atomic mass is 9.91. The summed E-state index contributed by atoms with van der Waals surface area (Å²) in [6.07, 6.45) is 2.64. The first-order valence-electron chi connectivity index (χ1n) is 5.44. The van der Waals surface area contributed by atoms with Crippen LogP contribution in [0.2, 0.25) is 0 Å². The molecule has 1 rings (SSSR count). The summed E-state index contributed by atoms with van der Waals surface area (Å²) in [5, 5.41) is 0. The molecule has 4 heteroatoms. The van der Waals surface area contributed by atoms with E-state index in [9.17, 15) is 9.59 Å². The highest BCUT2D eigenvalue weighted by Gasteiger charge is 2.35. The van der Waals surface area contributed by atoms with Crippen molar-refractivity contribution in [1.82, 2.24) is 4.90 Å². The van der Waals surface area contributed by atoms with Gasteiger partial charge in [0.1, 0.15) is 6.04 Å². The highest BCUT2D eigenvalue weighted by Crippen LogP contribution is 2.24. The van der Waals surface area contributed by atoms with E-state index in [2.05, 4.69) is 0 Å². The first-order chi connectivity index (χ1) is 6.84. The Labute approximate surface area is 90.8 Å². The molecule has 1 saturated heterocycles. The van der Waals surface area contributed by atoms with Gasteiger partial charge in [-0.05, 0) is 19.3 Å². The Balaban J connectivity index is 2.81. The molecule has 0 bridgehead atoms. The van der Waals surface area contributed by atoms with Crippen LogP contribution < -0.4 is 5.73 Å². The second-order valence-corrected chi connectivity index (χ2v) is 5.16. The van der Waals surface area contributed by atoms with Crippen LogP contribution in [0.25, 0.3) is 0 Å². The minimum Gasteiger partial charge on any atom is -0.368 e. The molecule has 4 nitrogen and oxygen atoms in total. The molecule has 2 N–H and O–H groups in total. The van der Waals surface area contributed by atoms with E-state index in [-0.39, 0.29) is 11.8 Å². The Hall–Kier alpha value is -1.06. The maximum absolute atomic E-state index is 12.1. The van der Waals surface area contributed by atoms with Gasteiger partial charge in [0.15, 0.2) is 0 Å². The first kappa shape index (κ1) is 12.0. The summed E-state index contributed by atoms with van der Waals surface area (Å²) in [4.78, 5) is 24.9. The maximum Gasteiger partial charge on any atom is 0.240 e. The third kappa shape index (κ3) is 2.70. The number of nitrogens with zero attached hydrogens (tertiary/aromatic N) is 1. The molecule has 0 aliphatic carbocycles. The van der Waals surface area contributed by atoms with Crippen molar-refractivity contribution in [2.75, 3.05) is 6.54 Å². The molecular formula is C11H20N2O2. The standard InChI is InChI=1S/C11H20N2O2/c1-11(2,3)10(15)13-7-5-4-6-8(13)9(12)14/h8H,4-7H2,1-3H3,(H2,12,14). The van der Waals surface area contributed by atoms with Gasteiger partial charge in [0.05, 0.1) is 0 Å². The van der Waals surface area contributed by atoms with Gasteiger partial charge >= 0.3 is 0 Å². The second-order valence-electron chi connectivity index (χ2n) is 5.16. The summed E-state index contributed by atoms with van der Waals surface area (Å²) in [7, 11) is 0. The summed E-state index contributed by atoms with van der Waals surface area (Å²) in [6.45, 7) is 6.25. The van der Waals surface area contributed by atoms with E-state index in [0.29, 0.717) is 13.0 Å². The van der Waals surface area contributed by atoms with Gasteiger partial charge in [-0.25, -0.2) is 0 Å². The molecular weight excluding hydrogens is 192 g/mol. The van der Waals surface area contributed by atoms with E-state index in [1.54, 1.807) is 4.90 Å². The lowest BCUT2D eigenvalue weighted by Crippen LogP contribution is -2.53. The number of amides is 2. The van der Waals surface area contributed by atoms with Crippen LogP contribution in [-0.2, 0) is 9.59 Å². The quantitative estimate of drug-likeness (QED) is 0.702. The van der Waals surface area contributed by atoms with Gasteiger partial charge in [-0.3, -0.25) is 9.59 Å². The van der Waals surface area contributed by atoms with E-state index < -0.39 is 11.5 Å². The van der Waals surface area contributed by atoms with E-state index in [1.807, 2.05) is 20.8 Å². The molecule has 2 amide bonds. The van der Waals surface area contributed by atoms with Gasteiger partial charge in [0, 0.05) is 12.0 Å². The van der Waals surface area contributed by atoms with Crippen molar-refractivity contribution in [3.8, 4) is 0 Å². The molecule has 1 aliphatic heterocycles. The Kier molecular flexibility index (Phi) is 3.37. The minimum atomic E-state index is -0.439. The smallest absolute Gasteiger partial charge is 0.240 e. The number of rotatable bonds is 1. The van der Waals surface area contributed by atoms with Crippen molar-refractivity contribution >= 4 is 11.8 Å². The number of nitrogens with two attached hydrogens (primary N) is 1. The molecule has 1 fully saturated rings. The Bertz CT molecular complexity index is 268. The third-order valence-corrected chi connectivity index (χ3v) is 2.73. The third-order valence-electron chi connectivity index (χ3n) is 2.73. The van der Waals surface area contributed by atoms with Crippen LogP contribution in [0, 0.1) is 5.41 Å². The summed E-state index contributed by atoms with van der Waals surface area (Å²) in [6, 6.07) is -0.398. The lowest BCUT2D eigenvalue weighted by molar-refractivity contribution is -0.147. The first-order valence-corrected chi connectivity index (χ1v) is 5.44. The molecule has 1 unspecified atom stereocenters. The zero-order valence-corrected chi connectivity index (χ0v) is 9.75. The monoisotopic (exact) mass is 212 g/mol. The Morgan fingerprint density at radius 3 is 2.33 bits per heavy atom. The second kappa shape index (κ2) is 4.21. The zero-order chi connectivity index (χ0) is 11.6. The number of primary amides is 1. The predicted molar refractivity (Wildman–Crippen MR) is 58.0 cm³/mol. The van der Waals surface area contributed by atoms with Gasteiger partial charge in [0.25, 0.3) is 0 Å². The Morgan fingerprint density at radius 2 is 1.87 bits per heavy atom. The van der Waals surface area contributed by atoms with Crippen molar-refractivity contribution < 1.29 is 9.59 Å². The number of hydrogen-bond donors (Lipinski definition) is 1. The molecule has 0 spiro atoms. The van der Waals surface area contributed by atoms with Crippen LogP contribution in [0.5, 0.6) is 0 Å². The molecule has 1 aliphatic rings. The fourth-order valence-corrected chi connectivity index (χ4v) is 1.90. The average Bonchev–Trinajstić information content (AvgIpc) is 2.15. The summed E-state index contributed by atoms with van der Waals surface area (Å²) in [5.41, 5.74) is 4.87. The fourth-order valence-electron chi connectivity index (χ4n) is 1.90. The minimum absolute atomic E-state index is 0.0194. The molecule has 0 aromatic heterocycles. The van der Waals surface area contributed by atoms with Crippen LogP contribution >= 0.6 is 0 Å². The van der Waals surface area contributed by atoms with Crippen LogP contribution in [-0.4, -0.2) is 29.3 Å². The average molecular weight is 212 g/mol. The van der Waals surface area contributed by atoms with E-state index >= 15 is 0 Å². The van der Waals surface area contributed by atoms with Crippen LogP contribution in [0.4, 0.5) is 0 Å². The Morgan fingerprint density at radius 1 is 1.27 bits per heavy atom. The lowest BCUT2D eigenvalue weighted by Gasteiger charge is -2.37.